The van der Waals surface area contributed by atoms with Gasteiger partial charge in [0.05, 0.1) is 23.0 Å². The Kier molecular flexibility index (Phi) is 13.7. The number of nitrogens with one attached hydrogen (secondary N) is 2. The summed E-state index contributed by atoms with van der Waals surface area (Å²) in [4.78, 5) is 53.7. The Hall–Kier alpha value is -4.36. The van der Waals surface area contributed by atoms with Crippen molar-refractivity contribution < 1.29 is 23.9 Å². The first-order valence-corrected chi connectivity index (χ1v) is 17.9. The Morgan fingerprint density at radius 1 is 0.592 bits per heavy atom. The van der Waals surface area contributed by atoms with Crippen LogP contribution in [-0.4, -0.2) is 23.4 Å². The molecule has 2 amide bonds. The zero-order valence-electron chi connectivity index (χ0n) is 29.5. The van der Waals surface area contributed by atoms with Crippen molar-refractivity contribution in [3.8, 4) is 0 Å². The molecule has 0 spiro atoms. The van der Waals surface area contributed by atoms with E-state index < -0.39 is 23.0 Å². The highest BCUT2D eigenvalue weighted by molar-refractivity contribution is 5.90. The summed E-state index contributed by atoms with van der Waals surface area (Å²) in [6.07, 6.45) is 14.8. The van der Waals surface area contributed by atoms with Crippen molar-refractivity contribution in [3.05, 3.63) is 120 Å². The van der Waals surface area contributed by atoms with Crippen LogP contribution in [0.4, 0.5) is 0 Å². The van der Waals surface area contributed by atoms with Crippen molar-refractivity contribution in [3.63, 3.8) is 0 Å². The summed E-state index contributed by atoms with van der Waals surface area (Å²) < 4.78 is 7.38. The number of benzene rings is 2. The lowest BCUT2D eigenvalue weighted by molar-refractivity contribution is -0.155. The summed E-state index contributed by atoms with van der Waals surface area (Å²) in [6.45, 7) is 7.90. The van der Waals surface area contributed by atoms with Crippen molar-refractivity contribution in [1.82, 2.24) is 10.6 Å². The van der Waals surface area contributed by atoms with Crippen molar-refractivity contribution in [2.45, 2.75) is 104 Å². The van der Waals surface area contributed by atoms with E-state index in [1.807, 2.05) is 125 Å². The van der Waals surface area contributed by atoms with E-state index in [9.17, 15) is 19.2 Å². The smallest absolute Gasteiger partial charge is 0.224 e. The van der Waals surface area contributed by atoms with Gasteiger partial charge in [0.2, 0.25) is 11.8 Å². The number of rotatable bonds is 18. The molecule has 49 heavy (non-hydrogen) atoms. The van der Waals surface area contributed by atoms with Gasteiger partial charge in [-0.05, 0) is 61.8 Å². The molecule has 2 aliphatic rings. The minimum atomic E-state index is -1.09. The van der Waals surface area contributed by atoms with Crippen LogP contribution in [0.1, 0.15) is 115 Å². The quantitative estimate of drug-likeness (QED) is 0.166. The van der Waals surface area contributed by atoms with E-state index in [1.165, 1.54) is 0 Å². The van der Waals surface area contributed by atoms with Crippen LogP contribution in [0, 0.1) is 10.8 Å². The van der Waals surface area contributed by atoms with Gasteiger partial charge in [0.25, 0.3) is 0 Å². The van der Waals surface area contributed by atoms with Crippen LogP contribution in [0.3, 0.4) is 0 Å². The van der Waals surface area contributed by atoms with E-state index >= 15 is 0 Å². The van der Waals surface area contributed by atoms with E-state index in [0.717, 1.165) is 24.0 Å². The second-order valence-corrected chi connectivity index (χ2v) is 13.1. The summed E-state index contributed by atoms with van der Waals surface area (Å²) >= 11 is 0. The summed E-state index contributed by atoms with van der Waals surface area (Å²) in [7, 11) is 0. The van der Waals surface area contributed by atoms with Crippen molar-refractivity contribution in [2.24, 2.45) is 10.8 Å². The standard InChI is InChI=1S/C42H52N2O5/c1-5-15-35(45)41(27-23-33(24-28-41)43-37(47)17-7-3)39(31-19-11-9-12-20-31)49-40(32-21-13-10-14-22-32)42(36(46)16-6-2)29-25-34(26-30-42)44-38(48)18-8-4/h9-14,19-27,29,39-40H,5-8,15-18,28,30H2,1-4H3,(H,43,47)(H,44,48). The molecule has 4 rings (SSSR count). The maximum absolute atomic E-state index is 14.4. The Morgan fingerprint density at radius 2 is 0.959 bits per heavy atom. The highest BCUT2D eigenvalue weighted by Crippen LogP contribution is 2.53. The van der Waals surface area contributed by atoms with Crippen LogP contribution in [0.25, 0.3) is 0 Å². The first kappa shape index (κ1) is 37.5. The van der Waals surface area contributed by atoms with Crippen molar-refractivity contribution >= 4 is 23.4 Å². The number of hydrogen-bond donors (Lipinski definition) is 2. The molecule has 2 N–H and O–H groups in total. The third kappa shape index (κ3) is 9.01. The van der Waals surface area contributed by atoms with Gasteiger partial charge in [-0.2, -0.15) is 0 Å². The number of amides is 2. The van der Waals surface area contributed by atoms with Gasteiger partial charge in [-0.15, -0.1) is 0 Å². The summed E-state index contributed by atoms with van der Waals surface area (Å²) in [5.74, 6) is -0.0545. The highest BCUT2D eigenvalue weighted by Gasteiger charge is 2.51. The normalized spacial score (nSPS) is 21.2. The molecule has 260 valence electrons. The third-order valence-corrected chi connectivity index (χ3v) is 9.37. The second kappa shape index (κ2) is 17.9. The third-order valence-electron chi connectivity index (χ3n) is 9.37. The lowest BCUT2D eigenvalue weighted by Gasteiger charge is -2.45. The topological polar surface area (TPSA) is 102 Å². The molecule has 0 aromatic heterocycles. The fourth-order valence-electron chi connectivity index (χ4n) is 6.79. The van der Waals surface area contributed by atoms with Crippen LogP contribution in [-0.2, 0) is 23.9 Å². The fourth-order valence-corrected chi connectivity index (χ4v) is 6.79. The number of carbonyl (C=O) groups excluding carboxylic acids is 4. The predicted molar refractivity (Wildman–Crippen MR) is 194 cm³/mol. The average Bonchev–Trinajstić information content (AvgIpc) is 3.11. The maximum atomic E-state index is 14.4. The van der Waals surface area contributed by atoms with E-state index in [1.54, 1.807) is 0 Å². The molecular formula is C42H52N2O5. The average molecular weight is 665 g/mol. The van der Waals surface area contributed by atoms with Crippen LogP contribution < -0.4 is 10.6 Å². The largest absolute Gasteiger partial charge is 0.363 e. The zero-order chi connectivity index (χ0) is 35.3. The summed E-state index contributed by atoms with van der Waals surface area (Å²) in [5, 5.41) is 5.96. The fraction of sp³-hybridized carbons (Fsp3) is 0.429. The molecule has 2 aromatic carbocycles. The van der Waals surface area contributed by atoms with Gasteiger partial charge in [-0.3, -0.25) is 19.2 Å². The summed E-state index contributed by atoms with van der Waals surface area (Å²) in [6, 6.07) is 19.5. The lowest BCUT2D eigenvalue weighted by Crippen LogP contribution is -2.44. The van der Waals surface area contributed by atoms with Gasteiger partial charge in [0.1, 0.15) is 11.6 Å². The van der Waals surface area contributed by atoms with E-state index in [-0.39, 0.29) is 23.4 Å². The zero-order valence-corrected chi connectivity index (χ0v) is 29.5. The van der Waals surface area contributed by atoms with Gasteiger partial charge < -0.3 is 15.4 Å². The molecular weight excluding hydrogens is 612 g/mol. The van der Waals surface area contributed by atoms with Crippen LogP contribution >= 0.6 is 0 Å². The van der Waals surface area contributed by atoms with E-state index in [0.29, 0.717) is 62.8 Å². The Bertz CT molecular complexity index is 1460. The SMILES string of the molecule is CCCC(=O)NC1=CCC(C(=O)CCC)(C(OC(c2ccccc2)C2(C(=O)CCC)C=CC(NC(=O)CCC)=CC2)c2ccccc2)C=C1. The van der Waals surface area contributed by atoms with Crippen molar-refractivity contribution in [2.75, 3.05) is 0 Å². The first-order valence-electron chi connectivity index (χ1n) is 17.9. The van der Waals surface area contributed by atoms with E-state index in [4.69, 9.17) is 4.74 Å². The second-order valence-electron chi connectivity index (χ2n) is 13.1. The van der Waals surface area contributed by atoms with E-state index in [2.05, 4.69) is 10.6 Å². The van der Waals surface area contributed by atoms with Crippen molar-refractivity contribution in [1.29, 1.82) is 0 Å². The van der Waals surface area contributed by atoms with Crippen LogP contribution in [0.2, 0.25) is 0 Å². The Morgan fingerprint density at radius 3 is 1.27 bits per heavy atom. The molecule has 0 fully saturated rings. The molecule has 0 saturated carbocycles. The van der Waals surface area contributed by atoms with Gasteiger partial charge >= 0.3 is 0 Å². The molecule has 0 aliphatic heterocycles. The number of Topliss-reactive ketones (excluding diaryl/α,β-unsaturated/α-hetero) is 2. The molecule has 2 aliphatic carbocycles. The van der Waals surface area contributed by atoms with Crippen LogP contribution in [0.15, 0.2) is 109 Å². The maximum Gasteiger partial charge on any atom is 0.224 e. The minimum Gasteiger partial charge on any atom is -0.363 e. The van der Waals surface area contributed by atoms with Gasteiger partial charge in [-0.1, -0.05) is 113 Å². The first-order chi connectivity index (χ1) is 23.7. The highest BCUT2D eigenvalue weighted by atomic mass is 16.5. The Balaban J connectivity index is 1.86. The molecule has 7 heteroatoms. The molecule has 4 unspecified atom stereocenters. The molecule has 4 atom stereocenters. The number of ether oxygens (including phenoxy) is 1. The van der Waals surface area contributed by atoms with Gasteiger partial charge in [-0.25, -0.2) is 0 Å². The molecule has 0 saturated heterocycles. The number of carbonyl (C=O) groups is 4. The van der Waals surface area contributed by atoms with Gasteiger partial charge in [0.15, 0.2) is 0 Å². The molecule has 2 aromatic rings. The molecule has 0 radical (unpaired) electrons. The molecule has 0 heterocycles. The van der Waals surface area contributed by atoms with Gasteiger partial charge in [0, 0.05) is 37.1 Å². The molecule has 7 nitrogen and oxygen atoms in total. The lowest BCUT2D eigenvalue weighted by atomic mass is 9.67. The Labute approximate surface area is 292 Å². The monoisotopic (exact) mass is 664 g/mol. The number of allylic oxidation sites excluding steroid dienone is 4. The summed E-state index contributed by atoms with van der Waals surface area (Å²) in [5.41, 5.74) is 0.795. The number of hydrogen-bond acceptors (Lipinski definition) is 5. The molecule has 0 bridgehead atoms. The number of ketones is 2. The minimum absolute atomic E-state index is 0.0380. The predicted octanol–water partition coefficient (Wildman–Crippen LogP) is 8.72. The van der Waals surface area contributed by atoms with Crippen LogP contribution in [0.5, 0.6) is 0 Å².